The Kier molecular flexibility index (Phi) is 3.11. The molecule has 0 radical (unpaired) electrons. The number of hydrogen-bond acceptors (Lipinski definition) is 1. The van der Waals surface area contributed by atoms with Crippen LogP contribution in [0.2, 0.25) is 0 Å². The first kappa shape index (κ1) is 12.4. The first-order chi connectivity index (χ1) is 7.41. The molecule has 4 atom stereocenters. The zero-order valence-electron chi connectivity index (χ0n) is 12.0. The Morgan fingerprint density at radius 1 is 1.12 bits per heavy atom. The first-order valence-electron chi connectivity index (χ1n) is 7.11. The summed E-state index contributed by atoms with van der Waals surface area (Å²) in [5, 5.41) is 0. The maximum absolute atomic E-state index is 2.61. The van der Waals surface area contributed by atoms with Crippen LogP contribution in [0, 0.1) is 29.1 Å². The van der Waals surface area contributed by atoms with Gasteiger partial charge < -0.3 is 4.90 Å². The summed E-state index contributed by atoms with van der Waals surface area (Å²) < 4.78 is 0. The lowest BCUT2D eigenvalue weighted by molar-refractivity contribution is 0.0701. The van der Waals surface area contributed by atoms with E-state index in [9.17, 15) is 0 Å². The Labute approximate surface area is 102 Å². The van der Waals surface area contributed by atoms with E-state index in [-0.39, 0.29) is 0 Å². The monoisotopic (exact) mass is 223 g/mol. The number of rotatable bonds is 2. The topological polar surface area (TPSA) is 3.24 Å². The van der Waals surface area contributed by atoms with E-state index in [1.165, 1.54) is 19.4 Å². The van der Waals surface area contributed by atoms with Gasteiger partial charge in [0.25, 0.3) is 0 Å². The summed E-state index contributed by atoms with van der Waals surface area (Å²) in [6, 6.07) is 0.797. The molecule has 0 aromatic heterocycles. The summed E-state index contributed by atoms with van der Waals surface area (Å²) in [7, 11) is 2.32. The lowest BCUT2D eigenvalue weighted by Crippen LogP contribution is -2.40. The van der Waals surface area contributed by atoms with Gasteiger partial charge in [-0.1, -0.05) is 27.7 Å². The zero-order chi connectivity index (χ0) is 12.1. The average Bonchev–Trinajstić information content (AvgIpc) is 2.66. The summed E-state index contributed by atoms with van der Waals surface area (Å²) in [5.74, 6) is 3.58. The fraction of sp³-hybridized carbons (Fsp3) is 1.00. The van der Waals surface area contributed by atoms with Crippen molar-refractivity contribution in [3.63, 3.8) is 0 Å². The van der Waals surface area contributed by atoms with Gasteiger partial charge in [-0.25, -0.2) is 0 Å². The van der Waals surface area contributed by atoms with E-state index in [0.29, 0.717) is 5.41 Å². The Morgan fingerprint density at radius 3 is 2.25 bits per heavy atom. The van der Waals surface area contributed by atoms with Crippen molar-refractivity contribution in [3.8, 4) is 0 Å². The molecule has 2 fully saturated rings. The summed E-state index contributed by atoms with van der Waals surface area (Å²) in [5.41, 5.74) is 0.613. The molecule has 2 rings (SSSR count). The van der Waals surface area contributed by atoms with Crippen molar-refractivity contribution in [2.45, 2.75) is 53.5 Å². The molecule has 0 bridgehead atoms. The molecule has 2 aliphatic rings. The van der Waals surface area contributed by atoms with Crippen LogP contribution in [0.1, 0.15) is 47.5 Å². The van der Waals surface area contributed by atoms with Gasteiger partial charge in [0.05, 0.1) is 0 Å². The molecular formula is C15H29N. The molecule has 1 saturated heterocycles. The van der Waals surface area contributed by atoms with E-state index in [1.807, 2.05) is 0 Å². The molecule has 1 nitrogen and oxygen atoms in total. The largest absolute Gasteiger partial charge is 0.303 e. The number of fused-ring (bicyclic) bond motifs is 1. The Bertz CT molecular complexity index is 254. The number of nitrogens with zero attached hydrogens (tertiary/aromatic N) is 1. The summed E-state index contributed by atoms with van der Waals surface area (Å²) in [6.07, 6.45) is 2.94. The average molecular weight is 223 g/mol. The molecule has 0 spiro atoms. The fourth-order valence-corrected chi connectivity index (χ4v) is 4.97. The standard InChI is InChI=1S/C15H29N/c1-10(2)13-7-8-14-12(5)16(6)9-15(13,14)11(3)4/h10-14H,7-9H2,1-6H3. The molecule has 94 valence electrons. The van der Waals surface area contributed by atoms with Crippen molar-refractivity contribution in [1.82, 2.24) is 4.90 Å². The van der Waals surface area contributed by atoms with E-state index in [0.717, 1.165) is 29.7 Å². The van der Waals surface area contributed by atoms with Crippen molar-refractivity contribution in [3.05, 3.63) is 0 Å². The molecule has 0 aromatic rings. The molecule has 1 aliphatic carbocycles. The van der Waals surface area contributed by atoms with Crippen LogP contribution in [-0.2, 0) is 0 Å². The van der Waals surface area contributed by atoms with E-state index >= 15 is 0 Å². The van der Waals surface area contributed by atoms with Gasteiger partial charge in [-0.15, -0.1) is 0 Å². The zero-order valence-corrected chi connectivity index (χ0v) is 12.0. The van der Waals surface area contributed by atoms with Crippen LogP contribution >= 0.6 is 0 Å². The Balaban J connectivity index is 2.36. The van der Waals surface area contributed by atoms with Gasteiger partial charge in [0.2, 0.25) is 0 Å². The van der Waals surface area contributed by atoms with Gasteiger partial charge in [-0.05, 0) is 55.9 Å². The SMILES string of the molecule is CC(C)C1CCC2C(C)N(C)CC12C(C)C. The minimum absolute atomic E-state index is 0.613. The molecule has 0 aromatic carbocycles. The van der Waals surface area contributed by atoms with E-state index in [4.69, 9.17) is 0 Å². The van der Waals surface area contributed by atoms with Gasteiger partial charge in [0.1, 0.15) is 0 Å². The van der Waals surface area contributed by atoms with Gasteiger partial charge in [-0.2, -0.15) is 0 Å². The number of likely N-dealkylation sites (tertiary alicyclic amines) is 1. The second-order valence-electron chi connectivity index (χ2n) is 6.96. The maximum Gasteiger partial charge on any atom is 0.00983 e. The predicted octanol–water partition coefficient (Wildman–Crippen LogP) is 3.64. The molecule has 4 unspecified atom stereocenters. The van der Waals surface area contributed by atoms with Crippen LogP contribution in [0.25, 0.3) is 0 Å². The molecule has 1 heterocycles. The van der Waals surface area contributed by atoms with E-state index < -0.39 is 0 Å². The molecule has 1 saturated carbocycles. The Morgan fingerprint density at radius 2 is 1.75 bits per heavy atom. The van der Waals surface area contributed by atoms with Gasteiger partial charge in [0, 0.05) is 12.6 Å². The highest BCUT2D eigenvalue weighted by Crippen LogP contribution is 2.60. The highest BCUT2D eigenvalue weighted by molar-refractivity contribution is 5.09. The summed E-state index contributed by atoms with van der Waals surface area (Å²) >= 11 is 0. The molecule has 1 aliphatic heterocycles. The van der Waals surface area contributed by atoms with Crippen molar-refractivity contribution in [2.24, 2.45) is 29.1 Å². The molecule has 0 N–H and O–H groups in total. The minimum atomic E-state index is 0.613. The van der Waals surface area contributed by atoms with Gasteiger partial charge in [-0.3, -0.25) is 0 Å². The quantitative estimate of drug-likeness (QED) is 0.691. The number of hydrogen-bond donors (Lipinski definition) is 0. The van der Waals surface area contributed by atoms with Crippen LogP contribution in [0.3, 0.4) is 0 Å². The van der Waals surface area contributed by atoms with Crippen LogP contribution in [0.4, 0.5) is 0 Å². The normalized spacial score (nSPS) is 44.6. The summed E-state index contributed by atoms with van der Waals surface area (Å²) in [4.78, 5) is 2.61. The molecule has 0 amide bonds. The second kappa shape index (κ2) is 4.01. The fourth-order valence-electron chi connectivity index (χ4n) is 4.97. The summed E-state index contributed by atoms with van der Waals surface area (Å²) in [6.45, 7) is 13.6. The highest BCUT2D eigenvalue weighted by atomic mass is 15.2. The minimum Gasteiger partial charge on any atom is -0.303 e. The molecular weight excluding hydrogens is 194 g/mol. The lowest BCUT2D eigenvalue weighted by atomic mass is 9.62. The van der Waals surface area contributed by atoms with E-state index in [1.54, 1.807) is 0 Å². The van der Waals surface area contributed by atoms with Crippen molar-refractivity contribution in [1.29, 1.82) is 0 Å². The van der Waals surface area contributed by atoms with Gasteiger partial charge >= 0.3 is 0 Å². The third-order valence-electron chi connectivity index (χ3n) is 5.85. The predicted molar refractivity (Wildman–Crippen MR) is 70.4 cm³/mol. The third-order valence-corrected chi connectivity index (χ3v) is 5.85. The van der Waals surface area contributed by atoms with Crippen molar-refractivity contribution >= 4 is 0 Å². The van der Waals surface area contributed by atoms with Crippen molar-refractivity contribution in [2.75, 3.05) is 13.6 Å². The molecule has 16 heavy (non-hydrogen) atoms. The van der Waals surface area contributed by atoms with Gasteiger partial charge in [0.15, 0.2) is 0 Å². The van der Waals surface area contributed by atoms with Crippen LogP contribution in [0.5, 0.6) is 0 Å². The van der Waals surface area contributed by atoms with Crippen LogP contribution in [0.15, 0.2) is 0 Å². The first-order valence-corrected chi connectivity index (χ1v) is 7.11. The smallest absolute Gasteiger partial charge is 0.00983 e. The third kappa shape index (κ3) is 1.47. The highest BCUT2D eigenvalue weighted by Gasteiger charge is 2.59. The lowest BCUT2D eigenvalue weighted by Gasteiger charge is -2.42. The van der Waals surface area contributed by atoms with Crippen LogP contribution < -0.4 is 0 Å². The maximum atomic E-state index is 2.61. The van der Waals surface area contributed by atoms with Crippen molar-refractivity contribution < 1.29 is 0 Å². The Hall–Kier alpha value is -0.0400. The van der Waals surface area contributed by atoms with Crippen LogP contribution in [-0.4, -0.2) is 24.5 Å². The van der Waals surface area contributed by atoms with E-state index in [2.05, 4.69) is 46.6 Å². The second-order valence-corrected chi connectivity index (χ2v) is 6.96. The molecule has 1 heteroatoms.